The van der Waals surface area contributed by atoms with E-state index >= 15 is 0 Å². The lowest BCUT2D eigenvalue weighted by molar-refractivity contribution is 0.462. The highest BCUT2D eigenvalue weighted by atomic mass is 16.5. The summed E-state index contributed by atoms with van der Waals surface area (Å²) in [7, 11) is 1.79. The summed E-state index contributed by atoms with van der Waals surface area (Å²) in [4.78, 5) is 8.63. The van der Waals surface area contributed by atoms with Crippen molar-refractivity contribution in [1.29, 1.82) is 5.26 Å². The van der Waals surface area contributed by atoms with E-state index in [0.29, 0.717) is 28.7 Å². The van der Waals surface area contributed by atoms with Gasteiger partial charge in [-0.25, -0.2) is 4.98 Å². The molecule has 0 saturated heterocycles. The number of rotatable bonds is 3. The van der Waals surface area contributed by atoms with Gasteiger partial charge in [0, 0.05) is 19.4 Å². The van der Waals surface area contributed by atoms with Crippen LogP contribution in [0.4, 0.5) is 5.82 Å². The second-order valence-electron chi connectivity index (χ2n) is 4.53. The van der Waals surface area contributed by atoms with Gasteiger partial charge in [0.25, 0.3) is 5.88 Å². The van der Waals surface area contributed by atoms with Gasteiger partial charge in [-0.2, -0.15) is 10.2 Å². The zero-order valence-electron chi connectivity index (χ0n) is 11.7. The lowest BCUT2D eigenvalue weighted by atomic mass is 10.1. The number of aromatic nitrogens is 3. The highest BCUT2D eigenvalue weighted by Crippen LogP contribution is 2.28. The van der Waals surface area contributed by atoms with Crippen molar-refractivity contribution in [3.63, 3.8) is 0 Å². The molecule has 6 nitrogen and oxygen atoms in total. The average Bonchev–Trinajstić information content (AvgIpc) is 2.98. The summed E-state index contributed by atoms with van der Waals surface area (Å²) < 4.78 is 7.71. The third-order valence-electron chi connectivity index (χ3n) is 3.12. The summed E-state index contributed by atoms with van der Waals surface area (Å²) in [5.41, 5.74) is 2.09. The van der Waals surface area contributed by atoms with Crippen LogP contribution in [0.2, 0.25) is 0 Å². The van der Waals surface area contributed by atoms with Crippen molar-refractivity contribution < 1.29 is 4.74 Å². The van der Waals surface area contributed by atoms with Gasteiger partial charge >= 0.3 is 0 Å². The lowest BCUT2D eigenvalue weighted by Gasteiger charge is -2.10. The molecule has 3 rings (SSSR count). The Morgan fingerprint density at radius 3 is 3.00 bits per heavy atom. The first kappa shape index (κ1) is 12.9. The van der Waals surface area contributed by atoms with Crippen LogP contribution in [0, 0.1) is 18.3 Å². The minimum atomic E-state index is 0.394. The van der Waals surface area contributed by atoms with Crippen molar-refractivity contribution in [3.05, 3.63) is 47.9 Å². The zero-order chi connectivity index (χ0) is 14.8. The fraction of sp³-hybridized carbons (Fsp3) is 0.133. The number of anilines is 1. The van der Waals surface area contributed by atoms with Gasteiger partial charge < -0.3 is 10.1 Å². The van der Waals surface area contributed by atoms with Gasteiger partial charge in [-0.1, -0.05) is 6.07 Å². The lowest BCUT2D eigenvalue weighted by Crippen LogP contribution is -2.00. The molecule has 1 aromatic carbocycles. The summed E-state index contributed by atoms with van der Waals surface area (Å²) in [5.74, 6) is 1.66. The average molecular weight is 279 g/mol. The standard InChI is InChI=1S/C15H13N5O/c1-10-3-4-11(8-16)7-12(10)21-15-14-18-5-6-20(14)9-13(17-2)19-15/h3-7,9,17H,1-2H3. The fourth-order valence-corrected chi connectivity index (χ4v) is 1.98. The summed E-state index contributed by atoms with van der Waals surface area (Å²) in [6.45, 7) is 1.92. The number of nitriles is 1. The van der Waals surface area contributed by atoms with Crippen LogP contribution in [0.1, 0.15) is 11.1 Å². The molecule has 0 saturated carbocycles. The normalized spacial score (nSPS) is 10.3. The molecule has 0 fully saturated rings. The summed E-state index contributed by atoms with van der Waals surface area (Å²) >= 11 is 0. The number of aryl methyl sites for hydroxylation is 1. The Labute approximate surface area is 121 Å². The fourth-order valence-electron chi connectivity index (χ4n) is 1.98. The van der Waals surface area contributed by atoms with Crippen molar-refractivity contribution in [2.45, 2.75) is 6.92 Å². The second kappa shape index (κ2) is 5.13. The third kappa shape index (κ3) is 2.37. The molecule has 1 N–H and O–H groups in total. The van der Waals surface area contributed by atoms with Gasteiger partial charge in [0.05, 0.1) is 17.8 Å². The monoisotopic (exact) mass is 279 g/mol. The number of ether oxygens (including phenoxy) is 1. The summed E-state index contributed by atoms with van der Waals surface area (Å²) in [6, 6.07) is 7.40. The van der Waals surface area contributed by atoms with Gasteiger partial charge in [-0.05, 0) is 24.6 Å². The smallest absolute Gasteiger partial charge is 0.265 e. The Bertz CT molecular complexity index is 847. The highest BCUT2D eigenvalue weighted by Gasteiger charge is 2.11. The van der Waals surface area contributed by atoms with Crippen LogP contribution < -0.4 is 10.1 Å². The molecule has 6 heteroatoms. The number of fused-ring (bicyclic) bond motifs is 1. The summed E-state index contributed by atoms with van der Waals surface area (Å²) in [6.07, 6.45) is 5.33. The van der Waals surface area contributed by atoms with Crippen LogP contribution in [0.25, 0.3) is 5.65 Å². The number of benzene rings is 1. The zero-order valence-corrected chi connectivity index (χ0v) is 11.7. The quantitative estimate of drug-likeness (QED) is 0.797. The van der Waals surface area contributed by atoms with Crippen molar-refractivity contribution in [2.24, 2.45) is 0 Å². The minimum absolute atomic E-state index is 0.394. The Morgan fingerprint density at radius 1 is 1.38 bits per heavy atom. The Morgan fingerprint density at radius 2 is 2.24 bits per heavy atom. The number of nitrogens with one attached hydrogen (secondary N) is 1. The summed E-state index contributed by atoms with van der Waals surface area (Å²) in [5, 5.41) is 12.0. The highest BCUT2D eigenvalue weighted by molar-refractivity contribution is 5.56. The molecule has 2 aromatic heterocycles. The van der Waals surface area contributed by atoms with Crippen molar-refractivity contribution >= 4 is 11.5 Å². The van der Waals surface area contributed by atoms with Crippen LogP contribution in [0.15, 0.2) is 36.8 Å². The maximum atomic E-state index is 8.99. The Kier molecular flexibility index (Phi) is 3.16. The van der Waals surface area contributed by atoms with E-state index in [-0.39, 0.29) is 0 Å². The van der Waals surface area contributed by atoms with E-state index in [1.165, 1.54) is 0 Å². The van der Waals surface area contributed by atoms with E-state index in [4.69, 9.17) is 10.00 Å². The van der Waals surface area contributed by atoms with Crippen molar-refractivity contribution in [2.75, 3.05) is 12.4 Å². The van der Waals surface area contributed by atoms with E-state index in [9.17, 15) is 0 Å². The molecule has 3 aromatic rings. The maximum Gasteiger partial charge on any atom is 0.265 e. The van der Waals surface area contributed by atoms with Gasteiger partial charge in [-0.3, -0.25) is 4.40 Å². The van der Waals surface area contributed by atoms with E-state index in [0.717, 1.165) is 5.56 Å². The topological polar surface area (TPSA) is 75.2 Å². The van der Waals surface area contributed by atoms with Gasteiger partial charge in [0.2, 0.25) is 5.65 Å². The predicted molar refractivity (Wildman–Crippen MR) is 78.5 cm³/mol. The molecule has 0 radical (unpaired) electrons. The minimum Gasteiger partial charge on any atom is -0.436 e. The first-order chi connectivity index (χ1) is 10.2. The number of imidazole rings is 1. The van der Waals surface area contributed by atoms with Crippen molar-refractivity contribution in [3.8, 4) is 17.7 Å². The van der Waals surface area contributed by atoms with Gasteiger partial charge in [-0.15, -0.1) is 0 Å². The molecule has 104 valence electrons. The molecule has 0 bridgehead atoms. The molecule has 0 spiro atoms. The molecule has 21 heavy (non-hydrogen) atoms. The molecule has 2 heterocycles. The van der Waals surface area contributed by atoms with Crippen LogP contribution in [-0.2, 0) is 0 Å². The predicted octanol–water partition coefficient (Wildman–Crippen LogP) is 2.74. The number of hydrogen-bond donors (Lipinski definition) is 1. The van der Waals surface area contributed by atoms with Crippen LogP contribution in [0.5, 0.6) is 11.6 Å². The molecule has 0 atom stereocenters. The van der Waals surface area contributed by atoms with E-state index in [1.54, 1.807) is 25.4 Å². The molecule has 0 aliphatic heterocycles. The first-order valence-electron chi connectivity index (χ1n) is 6.41. The van der Waals surface area contributed by atoms with Crippen LogP contribution >= 0.6 is 0 Å². The van der Waals surface area contributed by atoms with E-state index in [2.05, 4.69) is 21.4 Å². The van der Waals surface area contributed by atoms with E-state index < -0.39 is 0 Å². The molecule has 0 amide bonds. The largest absolute Gasteiger partial charge is 0.436 e. The Hall–Kier alpha value is -3.07. The van der Waals surface area contributed by atoms with E-state index in [1.807, 2.05) is 29.8 Å². The molecular weight excluding hydrogens is 266 g/mol. The van der Waals surface area contributed by atoms with Crippen molar-refractivity contribution in [1.82, 2.24) is 14.4 Å². The number of nitrogens with zero attached hydrogens (tertiary/aromatic N) is 4. The first-order valence-corrected chi connectivity index (χ1v) is 6.41. The second-order valence-corrected chi connectivity index (χ2v) is 4.53. The van der Waals surface area contributed by atoms with Crippen LogP contribution in [0.3, 0.4) is 0 Å². The Balaban J connectivity index is 2.09. The van der Waals surface area contributed by atoms with Crippen LogP contribution in [-0.4, -0.2) is 21.4 Å². The third-order valence-corrected chi connectivity index (χ3v) is 3.12. The van der Waals surface area contributed by atoms with Gasteiger partial charge in [0.1, 0.15) is 11.6 Å². The maximum absolute atomic E-state index is 8.99. The molecule has 0 aliphatic rings. The SMILES string of the molecule is CNc1cn2ccnc2c(Oc2cc(C#N)ccc2C)n1. The molecular formula is C15H13N5O. The molecule has 0 unspecified atom stereocenters. The van der Waals surface area contributed by atoms with Gasteiger partial charge in [0.15, 0.2) is 0 Å². The molecule has 0 aliphatic carbocycles. The number of hydrogen-bond acceptors (Lipinski definition) is 5.